The molecule has 25 heavy (non-hydrogen) atoms. The molecule has 3 rings (SSSR count). The first-order chi connectivity index (χ1) is 12.0. The number of carbonyl (C=O) groups excluding carboxylic acids is 1. The summed E-state index contributed by atoms with van der Waals surface area (Å²) < 4.78 is 0. The van der Waals surface area contributed by atoms with E-state index >= 15 is 0 Å². The third kappa shape index (κ3) is 4.83. The average molecular weight is 356 g/mol. The second-order valence-corrected chi connectivity index (χ2v) is 8.02. The zero-order chi connectivity index (χ0) is 17.7. The number of aromatic nitrogens is 1. The highest BCUT2D eigenvalue weighted by molar-refractivity contribution is 7.98. The van der Waals surface area contributed by atoms with Crippen LogP contribution < -0.4 is 11.1 Å². The van der Waals surface area contributed by atoms with E-state index in [1.54, 1.807) is 18.0 Å². The summed E-state index contributed by atoms with van der Waals surface area (Å²) in [6, 6.07) is 12.0. The van der Waals surface area contributed by atoms with Crippen LogP contribution in [0.5, 0.6) is 0 Å². The number of benzene rings is 1. The molecule has 1 aromatic carbocycles. The summed E-state index contributed by atoms with van der Waals surface area (Å²) in [6.45, 7) is 1.99. The highest BCUT2D eigenvalue weighted by Gasteiger charge is 2.37. The van der Waals surface area contributed by atoms with Crippen LogP contribution in [0.1, 0.15) is 38.2 Å². The first kappa shape index (κ1) is 18.0. The Hall–Kier alpha value is -1.85. The number of hydrogen-bond acceptors (Lipinski definition) is 4. The van der Waals surface area contributed by atoms with E-state index in [0.717, 1.165) is 37.1 Å². The molecule has 0 radical (unpaired) electrons. The lowest BCUT2D eigenvalue weighted by Gasteiger charge is -2.37. The van der Waals surface area contributed by atoms with Crippen molar-refractivity contribution in [1.29, 1.82) is 0 Å². The molecule has 2 aromatic rings. The molecular weight excluding hydrogens is 330 g/mol. The van der Waals surface area contributed by atoms with E-state index < -0.39 is 5.54 Å². The lowest BCUT2D eigenvalue weighted by Crippen LogP contribution is -2.51. The van der Waals surface area contributed by atoms with Gasteiger partial charge >= 0.3 is 0 Å². The van der Waals surface area contributed by atoms with E-state index in [4.69, 9.17) is 5.73 Å². The second-order valence-electron chi connectivity index (χ2n) is 6.97. The van der Waals surface area contributed by atoms with Crippen LogP contribution in [0, 0.1) is 5.92 Å². The van der Waals surface area contributed by atoms with Crippen molar-refractivity contribution in [2.45, 2.75) is 48.8 Å². The van der Waals surface area contributed by atoms with Gasteiger partial charge in [0.15, 0.2) is 0 Å². The monoisotopic (exact) mass is 355 g/mol. The number of rotatable bonds is 5. The molecule has 5 heteroatoms. The zero-order valence-corrected chi connectivity index (χ0v) is 15.4. The van der Waals surface area contributed by atoms with Crippen molar-refractivity contribution in [2.24, 2.45) is 11.7 Å². The van der Waals surface area contributed by atoms with E-state index in [2.05, 4.69) is 16.4 Å². The molecule has 132 valence electrons. The standard InChI is InChI=1S/C20H25N3OS/c1-20(21)11-3-2-6-18(20)19(24)23-16-7-9-17(10-8-16)25-14-15-5-4-12-22-13-15/h4-5,7-10,12-13,18H,2-3,6,11,14,21H2,1H3,(H,23,24). The highest BCUT2D eigenvalue weighted by Crippen LogP contribution is 2.32. The fraction of sp³-hybridized carbons (Fsp3) is 0.400. The van der Waals surface area contributed by atoms with E-state index in [1.807, 2.05) is 43.5 Å². The fourth-order valence-electron chi connectivity index (χ4n) is 3.30. The van der Waals surface area contributed by atoms with Crippen molar-refractivity contribution in [2.75, 3.05) is 5.32 Å². The molecule has 1 heterocycles. The smallest absolute Gasteiger partial charge is 0.229 e. The number of pyridine rings is 1. The van der Waals surface area contributed by atoms with Gasteiger partial charge < -0.3 is 11.1 Å². The molecule has 0 spiro atoms. The van der Waals surface area contributed by atoms with Crippen LogP contribution in [0.15, 0.2) is 53.7 Å². The number of nitrogens with zero attached hydrogens (tertiary/aromatic N) is 1. The van der Waals surface area contributed by atoms with E-state index in [-0.39, 0.29) is 11.8 Å². The Balaban J connectivity index is 1.56. The predicted octanol–water partition coefficient (Wildman–Crippen LogP) is 4.22. The van der Waals surface area contributed by atoms with Crippen LogP contribution in [0.2, 0.25) is 0 Å². The van der Waals surface area contributed by atoms with Gasteiger partial charge in [0.05, 0.1) is 5.92 Å². The molecule has 1 aromatic heterocycles. The van der Waals surface area contributed by atoms with Gasteiger partial charge in [0.25, 0.3) is 0 Å². The highest BCUT2D eigenvalue weighted by atomic mass is 32.2. The molecule has 4 nitrogen and oxygen atoms in total. The minimum atomic E-state index is -0.401. The van der Waals surface area contributed by atoms with Crippen LogP contribution in [-0.4, -0.2) is 16.4 Å². The summed E-state index contributed by atoms with van der Waals surface area (Å²) in [7, 11) is 0. The maximum Gasteiger partial charge on any atom is 0.229 e. The number of carbonyl (C=O) groups is 1. The van der Waals surface area contributed by atoms with Gasteiger partial charge in [-0.1, -0.05) is 18.9 Å². The van der Waals surface area contributed by atoms with Crippen LogP contribution >= 0.6 is 11.8 Å². The molecule has 1 aliphatic carbocycles. The molecule has 0 aliphatic heterocycles. The third-order valence-corrected chi connectivity index (χ3v) is 5.90. The molecule has 2 unspecified atom stereocenters. The molecule has 0 saturated heterocycles. The third-order valence-electron chi connectivity index (χ3n) is 4.82. The molecule has 1 amide bonds. The quantitative estimate of drug-likeness (QED) is 0.788. The van der Waals surface area contributed by atoms with Gasteiger partial charge in [-0.05, 0) is 55.7 Å². The number of amides is 1. The summed E-state index contributed by atoms with van der Waals surface area (Å²) >= 11 is 1.76. The van der Waals surface area contributed by atoms with Gasteiger partial charge in [0.2, 0.25) is 5.91 Å². The molecule has 2 atom stereocenters. The number of anilines is 1. The summed E-state index contributed by atoms with van der Waals surface area (Å²) in [5.41, 5.74) is 7.95. The van der Waals surface area contributed by atoms with Gasteiger partial charge in [-0.3, -0.25) is 9.78 Å². The Labute approximate surface area is 153 Å². The molecule has 3 N–H and O–H groups in total. The Morgan fingerprint density at radius 2 is 2.12 bits per heavy atom. The van der Waals surface area contributed by atoms with Gasteiger partial charge in [-0.15, -0.1) is 11.8 Å². The summed E-state index contributed by atoms with van der Waals surface area (Å²) in [4.78, 5) is 17.9. The first-order valence-corrected chi connectivity index (χ1v) is 9.75. The number of nitrogens with two attached hydrogens (primary N) is 1. The predicted molar refractivity (Wildman–Crippen MR) is 103 cm³/mol. The molecule has 1 saturated carbocycles. The average Bonchev–Trinajstić information content (AvgIpc) is 2.61. The van der Waals surface area contributed by atoms with Gasteiger partial charge in [-0.25, -0.2) is 0 Å². The SMILES string of the molecule is CC1(N)CCCCC1C(=O)Nc1ccc(SCc2cccnc2)cc1. The Bertz CT molecular complexity index is 701. The lowest BCUT2D eigenvalue weighted by atomic mass is 9.74. The Kier molecular flexibility index (Phi) is 5.76. The van der Waals surface area contributed by atoms with Crippen LogP contribution in [0.4, 0.5) is 5.69 Å². The van der Waals surface area contributed by atoms with Gasteiger partial charge in [0.1, 0.15) is 0 Å². The normalized spacial score (nSPS) is 23.2. The van der Waals surface area contributed by atoms with Crippen LogP contribution in [0.3, 0.4) is 0 Å². The maximum absolute atomic E-state index is 12.6. The first-order valence-electron chi connectivity index (χ1n) is 8.76. The maximum atomic E-state index is 12.6. The Morgan fingerprint density at radius 1 is 1.32 bits per heavy atom. The molecular formula is C20H25N3OS. The largest absolute Gasteiger partial charge is 0.326 e. The second kappa shape index (κ2) is 8.02. The van der Waals surface area contributed by atoms with Crippen molar-refractivity contribution in [1.82, 2.24) is 4.98 Å². The summed E-state index contributed by atoms with van der Waals surface area (Å²) in [6.07, 6.45) is 7.64. The zero-order valence-electron chi connectivity index (χ0n) is 14.6. The minimum absolute atomic E-state index is 0.0421. The van der Waals surface area contributed by atoms with Crippen LogP contribution in [-0.2, 0) is 10.5 Å². The number of nitrogens with one attached hydrogen (secondary N) is 1. The lowest BCUT2D eigenvalue weighted by molar-refractivity contribution is -0.122. The van der Waals surface area contributed by atoms with Crippen molar-refractivity contribution in [3.63, 3.8) is 0 Å². The number of thioether (sulfide) groups is 1. The van der Waals surface area contributed by atoms with Crippen molar-refractivity contribution < 1.29 is 4.79 Å². The topological polar surface area (TPSA) is 68.0 Å². The molecule has 1 aliphatic rings. The van der Waals surface area contributed by atoms with Crippen molar-refractivity contribution in [3.8, 4) is 0 Å². The van der Waals surface area contributed by atoms with Crippen molar-refractivity contribution >= 4 is 23.4 Å². The number of hydrogen-bond donors (Lipinski definition) is 2. The fourth-order valence-corrected chi connectivity index (χ4v) is 4.14. The molecule has 1 fully saturated rings. The summed E-state index contributed by atoms with van der Waals surface area (Å²) in [5, 5.41) is 3.03. The van der Waals surface area contributed by atoms with E-state index in [1.165, 1.54) is 10.5 Å². The van der Waals surface area contributed by atoms with E-state index in [9.17, 15) is 4.79 Å². The van der Waals surface area contributed by atoms with E-state index in [0.29, 0.717) is 0 Å². The molecule has 0 bridgehead atoms. The van der Waals surface area contributed by atoms with Crippen molar-refractivity contribution in [3.05, 3.63) is 54.4 Å². The Morgan fingerprint density at radius 3 is 2.80 bits per heavy atom. The van der Waals surface area contributed by atoms with Gasteiger partial charge in [0, 0.05) is 34.3 Å². The minimum Gasteiger partial charge on any atom is -0.326 e. The van der Waals surface area contributed by atoms with Gasteiger partial charge in [-0.2, -0.15) is 0 Å². The summed E-state index contributed by atoms with van der Waals surface area (Å²) in [5.74, 6) is 0.814. The van der Waals surface area contributed by atoms with Crippen LogP contribution in [0.25, 0.3) is 0 Å².